The van der Waals surface area contributed by atoms with E-state index >= 15 is 0 Å². The van der Waals surface area contributed by atoms with E-state index in [4.69, 9.17) is 10.1 Å². The highest BCUT2D eigenvalue weighted by atomic mass is 15.4. The first kappa shape index (κ1) is 13.1. The summed E-state index contributed by atoms with van der Waals surface area (Å²) in [6.07, 6.45) is 8.59. The lowest BCUT2D eigenvalue weighted by molar-refractivity contribution is 0.238. The van der Waals surface area contributed by atoms with Gasteiger partial charge in [0.2, 0.25) is 5.95 Å². The van der Waals surface area contributed by atoms with Crippen LogP contribution in [-0.2, 0) is 0 Å². The molecule has 3 heterocycles. The largest absolute Gasteiger partial charge is 0.331 e. The Labute approximate surface area is 125 Å². The third kappa shape index (κ3) is 2.20. The van der Waals surface area contributed by atoms with Crippen molar-refractivity contribution in [1.29, 1.82) is 0 Å². The number of hydrogen-bond acceptors (Lipinski definition) is 4. The molecule has 2 aromatic rings. The molecule has 2 aliphatic rings. The Bertz CT molecular complexity index is 633. The van der Waals surface area contributed by atoms with Gasteiger partial charge < -0.3 is 10.2 Å². The van der Waals surface area contributed by atoms with Crippen LogP contribution in [0.15, 0.2) is 18.3 Å². The minimum absolute atomic E-state index is 0.233. The third-order valence-corrected chi connectivity index (χ3v) is 5.03. The number of aryl methyl sites for hydroxylation is 1. The molecule has 2 aromatic heterocycles. The fraction of sp³-hybridized carbons (Fsp3) is 0.625. The summed E-state index contributed by atoms with van der Waals surface area (Å²) in [4.78, 5) is 7.25. The van der Waals surface area contributed by atoms with Crippen LogP contribution in [0.3, 0.4) is 0 Å². The number of anilines is 1. The summed E-state index contributed by atoms with van der Waals surface area (Å²) in [6.45, 7) is 5.20. The summed E-state index contributed by atoms with van der Waals surface area (Å²) >= 11 is 0. The van der Waals surface area contributed by atoms with Crippen LogP contribution < -0.4 is 10.2 Å². The smallest absolute Gasteiger partial charge is 0.246 e. The van der Waals surface area contributed by atoms with Crippen molar-refractivity contribution in [1.82, 2.24) is 19.9 Å². The molecule has 0 amide bonds. The number of nitrogens with zero attached hydrogens (tertiary/aromatic N) is 4. The Morgan fingerprint density at radius 3 is 2.90 bits per heavy atom. The SMILES string of the molecule is Cc1ccc2nc(N3CCNCC34CCCCC4)nn2c1. The van der Waals surface area contributed by atoms with E-state index in [-0.39, 0.29) is 5.54 Å². The highest BCUT2D eigenvalue weighted by molar-refractivity contribution is 5.47. The van der Waals surface area contributed by atoms with Crippen LogP contribution >= 0.6 is 0 Å². The molecule has 1 aliphatic carbocycles. The summed E-state index contributed by atoms with van der Waals surface area (Å²) in [5.74, 6) is 0.906. The van der Waals surface area contributed by atoms with Crippen LogP contribution in [0.4, 0.5) is 5.95 Å². The molecule has 0 bridgehead atoms. The Balaban J connectivity index is 1.74. The van der Waals surface area contributed by atoms with Gasteiger partial charge in [-0.15, -0.1) is 5.10 Å². The maximum Gasteiger partial charge on any atom is 0.246 e. The van der Waals surface area contributed by atoms with E-state index in [9.17, 15) is 0 Å². The molecule has 5 heteroatoms. The molecule has 4 rings (SSSR count). The highest BCUT2D eigenvalue weighted by Crippen LogP contribution is 2.36. The monoisotopic (exact) mass is 285 g/mol. The molecule has 1 saturated heterocycles. The highest BCUT2D eigenvalue weighted by Gasteiger charge is 2.41. The Morgan fingerprint density at radius 2 is 2.05 bits per heavy atom. The number of rotatable bonds is 1. The van der Waals surface area contributed by atoms with Gasteiger partial charge in [0.25, 0.3) is 0 Å². The van der Waals surface area contributed by atoms with Crippen molar-refractivity contribution in [2.24, 2.45) is 0 Å². The average Bonchev–Trinajstić information content (AvgIpc) is 2.91. The zero-order valence-electron chi connectivity index (χ0n) is 12.7. The predicted molar refractivity (Wildman–Crippen MR) is 83.8 cm³/mol. The maximum atomic E-state index is 4.78. The second-order valence-corrected chi connectivity index (χ2v) is 6.53. The minimum atomic E-state index is 0.233. The zero-order valence-corrected chi connectivity index (χ0v) is 12.7. The topological polar surface area (TPSA) is 45.5 Å². The van der Waals surface area contributed by atoms with E-state index in [1.807, 2.05) is 4.52 Å². The maximum absolute atomic E-state index is 4.78. The van der Waals surface area contributed by atoms with Crippen molar-refractivity contribution < 1.29 is 0 Å². The van der Waals surface area contributed by atoms with Gasteiger partial charge in [-0.1, -0.05) is 25.3 Å². The molecule has 0 unspecified atom stereocenters. The Hall–Kier alpha value is -1.62. The van der Waals surface area contributed by atoms with Crippen LogP contribution in [0.5, 0.6) is 0 Å². The van der Waals surface area contributed by atoms with E-state index in [1.165, 1.54) is 37.7 Å². The van der Waals surface area contributed by atoms with Crippen LogP contribution in [-0.4, -0.2) is 39.8 Å². The predicted octanol–water partition coefficient (Wildman–Crippen LogP) is 2.15. The first-order valence-electron chi connectivity index (χ1n) is 8.08. The molecule has 112 valence electrons. The number of aromatic nitrogens is 3. The summed E-state index contributed by atoms with van der Waals surface area (Å²) < 4.78 is 1.92. The molecule has 0 atom stereocenters. The van der Waals surface area contributed by atoms with Crippen LogP contribution in [0, 0.1) is 6.92 Å². The third-order valence-electron chi connectivity index (χ3n) is 5.03. The van der Waals surface area contributed by atoms with Gasteiger partial charge in [-0.05, 0) is 31.4 Å². The lowest BCUT2D eigenvalue weighted by atomic mass is 9.79. The first-order chi connectivity index (χ1) is 10.3. The van der Waals surface area contributed by atoms with E-state index < -0.39 is 0 Å². The van der Waals surface area contributed by atoms with Gasteiger partial charge in [0.15, 0.2) is 5.65 Å². The molecule has 1 spiro atoms. The van der Waals surface area contributed by atoms with Crippen molar-refractivity contribution in [3.05, 3.63) is 23.9 Å². The number of piperazine rings is 1. The molecule has 1 aliphatic heterocycles. The second-order valence-electron chi connectivity index (χ2n) is 6.53. The van der Waals surface area contributed by atoms with E-state index in [0.717, 1.165) is 31.2 Å². The van der Waals surface area contributed by atoms with Crippen LogP contribution in [0.1, 0.15) is 37.7 Å². The number of fused-ring (bicyclic) bond motifs is 1. The molecule has 21 heavy (non-hydrogen) atoms. The van der Waals surface area contributed by atoms with Crippen LogP contribution in [0.2, 0.25) is 0 Å². The van der Waals surface area contributed by atoms with Gasteiger partial charge in [-0.2, -0.15) is 4.98 Å². The van der Waals surface area contributed by atoms with E-state index in [1.54, 1.807) is 0 Å². The summed E-state index contributed by atoms with van der Waals surface area (Å²) in [5.41, 5.74) is 2.39. The van der Waals surface area contributed by atoms with Crippen LogP contribution in [0.25, 0.3) is 5.65 Å². The number of nitrogens with one attached hydrogen (secondary N) is 1. The average molecular weight is 285 g/mol. The van der Waals surface area contributed by atoms with Gasteiger partial charge in [0.05, 0.1) is 5.54 Å². The van der Waals surface area contributed by atoms with Gasteiger partial charge >= 0.3 is 0 Å². The molecule has 2 fully saturated rings. The fourth-order valence-electron chi connectivity index (χ4n) is 3.90. The number of hydrogen-bond donors (Lipinski definition) is 1. The summed E-state index contributed by atoms with van der Waals surface area (Å²) in [5, 5.41) is 8.33. The minimum Gasteiger partial charge on any atom is -0.331 e. The van der Waals surface area contributed by atoms with Crippen molar-refractivity contribution in [3.63, 3.8) is 0 Å². The molecule has 0 radical (unpaired) electrons. The Kier molecular flexibility index (Phi) is 3.10. The van der Waals surface area contributed by atoms with Crippen molar-refractivity contribution >= 4 is 11.6 Å². The van der Waals surface area contributed by atoms with Gasteiger partial charge in [0, 0.05) is 25.8 Å². The normalized spacial score (nSPS) is 22.0. The molecule has 1 N–H and O–H groups in total. The van der Waals surface area contributed by atoms with Crippen molar-refractivity contribution in [2.45, 2.75) is 44.6 Å². The number of pyridine rings is 1. The quantitative estimate of drug-likeness (QED) is 0.872. The lowest BCUT2D eigenvalue weighted by Gasteiger charge is -2.49. The van der Waals surface area contributed by atoms with Crippen molar-refractivity contribution in [3.8, 4) is 0 Å². The first-order valence-corrected chi connectivity index (χ1v) is 8.08. The van der Waals surface area contributed by atoms with Gasteiger partial charge in [-0.3, -0.25) is 0 Å². The molecular weight excluding hydrogens is 262 g/mol. The summed E-state index contributed by atoms with van der Waals surface area (Å²) in [6, 6.07) is 4.16. The standard InChI is InChI=1S/C16H23N5/c1-13-5-6-14-18-15(19-21(14)11-13)20-10-9-17-12-16(20)7-3-2-4-8-16/h5-6,11,17H,2-4,7-10,12H2,1H3. The Morgan fingerprint density at radius 1 is 1.19 bits per heavy atom. The van der Waals surface area contributed by atoms with E-state index in [0.29, 0.717) is 0 Å². The zero-order chi connectivity index (χ0) is 14.3. The van der Waals surface area contributed by atoms with E-state index in [2.05, 4.69) is 35.5 Å². The van der Waals surface area contributed by atoms with Crippen molar-refractivity contribution in [2.75, 3.05) is 24.5 Å². The van der Waals surface area contributed by atoms with Gasteiger partial charge in [0.1, 0.15) is 0 Å². The molecule has 5 nitrogen and oxygen atoms in total. The summed E-state index contributed by atoms with van der Waals surface area (Å²) in [7, 11) is 0. The lowest BCUT2D eigenvalue weighted by Crippen LogP contribution is -2.62. The van der Waals surface area contributed by atoms with Gasteiger partial charge in [-0.25, -0.2) is 4.52 Å². The molecule has 1 saturated carbocycles. The fourth-order valence-corrected chi connectivity index (χ4v) is 3.90. The second kappa shape index (κ2) is 4.98. The molecule has 0 aromatic carbocycles. The molecular formula is C16H23N5.